The van der Waals surface area contributed by atoms with E-state index in [0.717, 1.165) is 12.8 Å². The van der Waals surface area contributed by atoms with Crippen LogP contribution in [-0.2, 0) is 13.6 Å². The first-order valence-electron chi connectivity index (χ1n) is 6.22. The molecule has 0 fully saturated rings. The molecule has 4 nitrogen and oxygen atoms in total. The second-order valence-electron chi connectivity index (χ2n) is 3.97. The van der Waals surface area contributed by atoms with Gasteiger partial charge in [0.1, 0.15) is 0 Å². The van der Waals surface area contributed by atoms with Crippen LogP contribution in [0.1, 0.15) is 33.6 Å². The van der Waals surface area contributed by atoms with E-state index >= 15 is 0 Å². The highest BCUT2D eigenvalue weighted by atomic mass is 28.4. The van der Waals surface area contributed by atoms with E-state index in [0.29, 0.717) is 31.4 Å². The Morgan fingerprint density at radius 1 is 1.24 bits per heavy atom. The zero-order chi connectivity index (χ0) is 13.3. The summed E-state index contributed by atoms with van der Waals surface area (Å²) in [4.78, 5) is 12.2. The quantitative estimate of drug-likeness (QED) is 0.370. The third-order valence-electron chi connectivity index (χ3n) is 2.45. The van der Waals surface area contributed by atoms with Crippen molar-refractivity contribution in [2.45, 2.75) is 39.7 Å². The summed E-state index contributed by atoms with van der Waals surface area (Å²) in [5.74, 6) is 0. The van der Waals surface area contributed by atoms with Crippen LogP contribution in [0.15, 0.2) is 12.2 Å². The lowest BCUT2D eigenvalue weighted by molar-refractivity contribution is -0.112. The summed E-state index contributed by atoms with van der Waals surface area (Å²) < 4.78 is 11.4. The predicted octanol–water partition coefficient (Wildman–Crippen LogP) is 1.92. The van der Waals surface area contributed by atoms with Crippen LogP contribution in [-0.4, -0.2) is 33.7 Å². The van der Waals surface area contributed by atoms with Crippen molar-refractivity contribution in [1.82, 2.24) is 0 Å². The van der Waals surface area contributed by atoms with Gasteiger partial charge in [0.25, 0.3) is 0 Å². The standard InChI is InChI=1S/C12H25NO3Si/c1-5-15-17(16-6-2,10-8-7-9-13)12(14)11(3)4/h3,5-10,13H2,1-2,4H3. The maximum absolute atomic E-state index is 12.2. The molecule has 100 valence electrons. The van der Waals surface area contributed by atoms with E-state index in [1.807, 2.05) is 13.8 Å². The molecule has 5 heteroatoms. The Morgan fingerprint density at radius 3 is 2.12 bits per heavy atom. The van der Waals surface area contributed by atoms with E-state index in [1.165, 1.54) is 0 Å². The summed E-state index contributed by atoms with van der Waals surface area (Å²) in [6, 6.07) is 0.664. The van der Waals surface area contributed by atoms with E-state index in [-0.39, 0.29) is 5.41 Å². The molecule has 0 radical (unpaired) electrons. The van der Waals surface area contributed by atoms with Gasteiger partial charge in [0.15, 0.2) is 5.41 Å². The topological polar surface area (TPSA) is 61.6 Å². The van der Waals surface area contributed by atoms with Gasteiger partial charge in [-0.05, 0) is 51.8 Å². The van der Waals surface area contributed by atoms with Gasteiger partial charge < -0.3 is 14.6 Å². The SMILES string of the molecule is C=C(C)C(=O)[Si](CCCCN)(OCC)OCC. The molecular formula is C12H25NO3Si. The Bertz CT molecular complexity index is 250. The molecule has 0 aliphatic carbocycles. The molecule has 0 atom stereocenters. The van der Waals surface area contributed by atoms with Crippen molar-refractivity contribution in [3.05, 3.63) is 12.2 Å². The predicted molar refractivity (Wildman–Crippen MR) is 71.9 cm³/mol. The summed E-state index contributed by atoms with van der Waals surface area (Å²) in [6.07, 6.45) is 1.75. The van der Waals surface area contributed by atoms with E-state index in [1.54, 1.807) is 6.92 Å². The van der Waals surface area contributed by atoms with Crippen LogP contribution in [0.4, 0.5) is 0 Å². The average molecular weight is 259 g/mol. The van der Waals surface area contributed by atoms with Gasteiger partial charge in [-0.15, -0.1) is 0 Å². The van der Waals surface area contributed by atoms with Gasteiger partial charge in [-0.1, -0.05) is 6.58 Å². The van der Waals surface area contributed by atoms with Crippen LogP contribution >= 0.6 is 0 Å². The van der Waals surface area contributed by atoms with E-state index in [9.17, 15) is 4.79 Å². The van der Waals surface area contributed by atoms with Gasteiger partial charge in [0.2, 0.25) is 0 Å². The Labute approximate surface area is 105 Å². The van der Waals surface area contributed by atoms with Crippen molar-refractivity contribution in [3.63, 3.8) is 0 Å². The van der Waals surface area contributed by atoms with Crippen LogP contribution in [0.5, 0.6) is 0 Å². The Balaban J connectivity index is 4.83. The summed E-state index contributed by atoms with van der Waals surface area (Å²) in [7, 11) is -2.79. The summed E-state index contributed by atoms with van der Waals surface area (Å²) >= 11 is 0. The van der Waals surface area contributed by atoms with Gasteiger partial charge in [-0.3, -0.25) is 4.79 Å². The number of carbonyl (C=O) groups excluding carboxylic acids is 1. The van der Waals surface area contributed by atoms with E-state index in [2.05, 4.69) is 6.58 Å². The second-order valence-corrected chi connectivity index (χ2v) is 7.01. The monoisotopic (exact) mass is 259 g/mol. The molecule has 0 saturated heterocycles. The zero-order valence-electron chi connectivity index (χ0n) is 11.3. The van der Waals surface area contributed by atoms with Crippen LogP contribution < -0.4 is 5.73 Å². The van der Waals surface area contributed by atoms with E-state index in [4.69, 9.17) is 14.6 Å². The fourth-order valence-electron chi connectivity index (χ4n) is 1.72. The molecule has 0 unspecified atom stereocenters. The van der Waals surface area contributed by atoms with Crippen LogP contribution in [0, 0.1) is 0 Å². The van der Waals surface area contributed by atoms with Gasteiger partial charge in [-0.2, -0.15) is 0 Å². The fourth-order valence-corrected chi connectivity index (χ4v) is 4.88. The van der Waals surface area contributed by atoms with Gasteiger partial charge in [-0.25, -0.2) is 0 Å². The third kappa shape index (κ3) is 5.12. The lowest BCUT2D eigenvalue weighted by Crippen LogP contribution is -2.51. The molecule has 0 spiro atoms. The molecule has 0 aliphatic heterocycles. The molecule has 0 saturated carbocycles. The van der Waals surface area contributed by atoms with Crippen molar-refractivity contribution in [2.24, 2.45) is 5.73 Å². The largest absolute Gasteiger partial charge is 0.415 e. The Morgan fingerprint density at radius 2 is 1.76 bits per heavy atom. The minimum Gasteiger partial charge on any atom is -0.389 e. The normalized spacial score (nSPS) is 11.5. The van der Waals surface area contributed by atoms with Crippen molar-refractivity contribution < 1.29 is 13.6 Å². The van der Waals surface area contributed by atoms with Crippen LogP contribution in [0.25, 0.3) is 0 Å². The maximum Gasteiger partial charge on any atom is 0.415 e. The molecule has 0 aromatic carbocycles. The molecule has 0 aromatic heterocycles. The Kier molecular flexibility index (Phi) is 8.33. The highest BCUT2D eigenvalue weighted by molar-refractivity contribution is 6.99. The first kappa shape index (κ1) is 16.5. The summed E-state index contributed by atoms with van der Waals surface area (Å²) in [5.41, 5.74) is 5.99. The zero-order valence-corrected chi connectivity index (χ0v) is 12.3. The summed E-state index contributed by atoms with van der Waals surface area (Å²) in [6.45, 7) is 10.8. The number of hydrogen-bond donors (Lipinski definition) is 1. The van der Waals surface area contributed by atoms with Gasteiger partial charge in [0, 0.05) is 13.2 Å². The smallest absolute Gasteiger partial charge is 0.389 e. The van der Waals surface area contributed by atoms with Crippen molar-refractivity contribution in [3.8, 4) is 0 Å². The van der Waals surface area contributed by atoms with Crippen molar-refractivity contribution in [2.75, 3.05) is 19.8 Å². The lowest BCUT2D eigenvalue weighted by atomic mass is 10.3. The number of hydrogen-bond acceptors (Lipinski definition) is 4. The molecule has 0 aromatic rings. The number of allylic oxidation sites excluding steroid dienone is 1. The fraction of sp³-hybridized carbons (Fsp3) is 0.750. The number of nitrogens with two attached hydrogens (primary N) is 1. The van der Waals surface area contributed by atoms with Crippen molar-refractivity contribution in [1.29, 1.82) is 0 Å². The highest BCUT2D eigenvalue weighted by Crippen LogP contribution is 2.21. The number of rotatable bonds is 10. The van der Waals surface area contributed by atoms with Crippen molar-refractivity contribution >= 4 is 14.0 Å². The molecule has 0 heterocycles. The maximum atomic E-state index is 12.2. The highest BCUT2D eigenvalue weighted by Gasteiger charge is 2.45. The molecule has 17 heavy (non-hydrogen) atoms. The molecule has 0 aliphatic rings. The minimum absolute atomic E-state index is 0.0294. The molecule has 0 rings (SSSR count). The minimum atomic E-state index is -2.79. The van der Waals surface area contributed by atoms with Crippen LogP contribution in [0.2, 0.25) is 6.04 Å². The molecule has 2 N–H and O–H groups in total. The third-order valence-corrected chi connectivity index (χ3v) is 6.09. The summed E-state index contributed by atoms with van der Waals surface area (Å²) in [5, 5.41) is -0.0294. The van der Waals surface area contributed by atoms with Gasteiger partial charge in [0.05, 0.1) is 0 Å². The lowest BCUT2D eigenvalue weighted by Gasteiger charge is -2.28. The number of unbranched alkanes of at least 4 members (excludes halogenated alkanes) is 1. The van der Waals surface area contributed by atoms with Gasteiger partial charge >= 0.3 is 8.56 Å². The van der Waals surface area contributed by atoms with E-state index < -0.39 is 8.56 Å². The Hall–Kier alpha value is -0.493. The average Bonchev–Trinajstić information content (AvgIpc) is 2.28. The molecule has 0 amide bonds. The first-order valence-corrected chi connectivity index (χ1v) is 8.24. The second kappa shape index (κ2) is 8.58. The number of carbonyl (C=O) groups is 1. The first-order chi connectivity index (χ1) is 8.04. The van der Waals surface area contributed by atoms with Crippen LogP contribution in [0.3, 0.4) is 0 Å². The molecule has 0 bridgehead atoms. The molecular weight excluding hydrogens is 234 g/mol.